The Labute approximate surface area is 101 Å². The molecule has 0 aromatic carbocycles. The number of aryl methyl sites for hydroxylation is 1. The van der Waals surface area contributed by atoms with E-state index in [1.165, 1.54) is 30.0 Å². The highest BCUT2D eigenvalue weighted by atomic mass is 32.2. The molecule has 2 rings (SSSR count). The second kappa shape index (κ2) is 4.71. The molecule has 6 heteroatoms. The number of aromatic nitrogens is 3. The van der Waals surface area contributed by atoms with Crippen molar-refractivity contribution >= 4 is 28.9 Å². The van der Waals surface area contributed by atoms with Gasteiger partial charge < -0.3 is 0 Å². The first kappa shape index (κ1) is 11.2. The normalized spacial score (nSPS) is 10.4. The van der Waals surface area contributed by atoms with Crippen LogP contribution < -0.4 is 0 Å². The molecular formula is C10H9N3OS2. The zero-order valence-electron chi connectivity index (χ0n) is 8.80. The van der Waals surface area contributed by atoms with Crippen LogP contribution in [-0.4, -0.2) is 21.0 Å². The van der Waals surface area contributed by atoms with Crippen molar-refractivity contribution in [3.8, 4) is 0 Å². The number of ketones is 1. The first-order valence-corrected chi connectivity index (χ1v) is 6.23. The summed E-state index contributed by atoms with van der Waals surface area (Å²) in [5.41, 5.74) is 0.484. The van der Waals surface area contributed by atoms with Gasteiger partial charge in [0.1, 0.15) is 10.7 Å². The molecule has 2 heterocycles. The Balaban J connectivity index is 2.14. The first-order chi connectivity index (χ1) is 7.65. The van der Waals surface area contributed by atoms with Crippen molar-refractivity contribution in [3.05, 3.63) is 29.0 Å². The van der Waals surface area contributed by atoms with Gasteiger partial charge in [-0.1, -0.05) is 23.1 Å². The number of hydrogen-bond donors (Lipinski definition) is 0. The zero-order valence-corrected chi connectivity index (χ0v) is 10.4. The molecule has 82 valence electrons. The fraction of sp³-hybridized carbons (Fsp3) is 0.200. The second-order valence-electron chi connectivity index (χ2n) is 3.12. The smallest absolute Gasteiger partial charge is 0.179 e. The Bertz CT molecular complexity index is 507. The third-order valence-corrected chi connectivity index (χ3v) is 3.68. The van der Waals surface area contributed by atoms with Gasteiger partial charge in [0.2, 0.25) is 0 Å². The van der Waals surface area contributed by atoms with Crippen LogP contribution in [0.5, 0.6) is 0 Å². The Morgan fingerprint density at radius 2 is 2.19 bits per heavy atom. The summed E-state index contributed by atoms with van der Waals surface area (Å²) < 4.78 is 0.884. The number of carbonyl (C=O) groups is 1. The van der Waals surface area contributed by atoms with Crippen LogP contribution in [0, 0.1) is 6.92 Å². The maximum absolute atomic E-state index is 11.0. The van der Waals surface area contributed by atoms with Crippen molar-refractivity contribution in [2.75, 3.05) is 0 Å². The molecule has 0 aliphatic heterocycles. The molecule has 0 bridgehead atoms. The van der Waals surface area contributed by atoms with E-state index in [1.807, 2.05) is 13.0 Å². The van der Waals surface area contributed by atoms with Crippen LogP contribution in [0.3, 0.4) is 0 Å². The van der Waals surface area contributed by atoms with Crippen LogP contribution in [0.25, 0.3) is 0 Å². The minimum atomic E-state index is -0.0247. The van der Waals surface area contributed by atoms with E-state index in [-0.39, 0.29) is 5.78 Å². The molecule has 0 N–H and O–H groups in total. The van der Waals surface area contributed by atoms with Crippen LogP contribution >= 0.6 is 23.1 Å². The van der Waals surface area contributed by atoms with Crippen molar-refractivity contribution in [1.29, 1.82) is 0 Å². The summed E-state index contributed by atoms with van der Waals surface area (Å²) in [7, 11) is 0. The van der Waals surface area contributed by atoms with Crippen molar-refractivity contribution in [3.63, 3.8) is 0 Å². The Morgan fingerprint density at radius 3 is 2.69 bits per heavy atom. The molecule has 0 saturated heterocycles. The zero-order chi connectivity index (χ0) is 11.5. The topological polar surface area (TPSA) is 55.7 Å². The fourth-order valence-corrected chi connectivity index (χ4v) is 2.83. The summed E-state index contributed by atoms with van der Waals surface area (Å²) in [4.78, 5) is 16.1. The summed E-state index contributed by atoms with van der Waals surface area (Å²) in [5, 5.41) is 8.88. The van der Waals surface area contributed by atoms with Crippen molar-refractivity contribution in [1.82, 2.24) is 15.2 Å². The van der Waals surface area contributed by atoms with Gasteiger partial charge >= 0.3 is 0 Å². The van der Waals surface area contributed by atoms with Crippen LogP contribution in [0.15, 0.2) is 27.6 Å². The van der Waals surface area contributed by atoms with E-state index >= 15 is 0 Å². The van der Waals surface area contributed by atoms with Gasteiger partial charge in [0.15, 0.2) is 10.1 Å². The number of Topliss-reactive ketones (excluding diaryl/α,β-unsaturated/α-hetero) is 1. The fourth-order valence-electron chi connectivity index (χ4n) is 1.07. The summed E-state index contributed by atoms with van der Waals surface area (Å²) in [6.07, 6.45) is 1.68. The van der Waals surface area contributed by atoms with Crippen molar-refractivity contribution < 1.29 is 4.79 Å². The SMILES string of the molecule is CC(=O)c1ccc(Sc2nnc(C)s2)cn1. The number of rotatable bonds is 3. The predicted octanol–water partition coefficient (Wildman–Crippen LogP) is 2.60. The maximum atomic E-state index is 11.0. The molecule has 0 spiro atoms. The Morgan fingerprint density at radius 1 is 1.38 bits per heavy atom. The molecule has 2 aromatic rings. The lowest BCUT2D eigenvalue weighted by Crippen LogP contribution is -1.95. The van der Waals surface area contributed by atoms with E-state index in [0.29, 0.717) is 5.69 Å². The molecule has 0 unspecified atom stereocenters. The van der Waals surface area contributed by atoms with E-state index in [2.05, 4.69) is 15.2 Å². The second-order valence-corrected chi connectivity index (χ2v) is 5.63. The monoisotopic (exact) mass is 251 g/mol. The molecule has 0 radical (unpaired) electrons. The number of carbonyl (C=O) groups excluding carboxylic acids is 1. The van der Waals surface area contributed by atoms with Gasteiger partial charge in [0.25, 0.3) is 0 Å². The molecule has 0 aliphatic carbocycles. The van der Waals surface area contributed by atoms with E-state index in [0.717, 1.165) is 14.2 Å². The molecule has 0 saturated carbocycles. The molecule has 16 heavy (non-hydrogen) atoms. The number of hydrogen-bond acceptors (Lipinski definition) is 6. The Hall–Kier alpha value is -1.27. The van der Waals surface area contributed by atoms with E-state index in [9.17, 15) is 4.79 Å². The molecule has 0 aliphatic rings. The summed E-state index contributed by atoms with van der Waals surface area (Å²) >= 11 is 3.04. The van der Waals surface area contributed by atoms with Crippen molar-refractivity contribution in [2.45, 2.75) is 23.1 Å². The summed E-state index contributed by atoms with van der Waals surface area (Å²) in [6, 6.07) is 3.59. The van der Waals surface area contributed by atoms with Gasteiger partial charge in [-0.05, 0) is 19.1 Å². The van der Waals surface area contributed by atoms with E-state index < -0.39 is 0 Å². The average Bonchev–Trinajstić information content (AvgIpc) is 2.65. The van der Waals surface area contributed by atoms with Gasteiger partial charge in [-0.15, -0.1) is 10.2 Å². The average molecular weight is 251 g/mol. The van der Waals surface area contributed by atoms with Gasteiger partial charge in [0, 0.05) is 18.0 Å². The van der Waals surface area contributed by atoms with Gasteiger partial charge in [-0.3, -0.25) is 9.78 Å². The molecule has 0 fully saturated rings. The van der Waals surface area contributed by atoms with Crippen molar-refractivity contribution in [2.24, 2.45) is 0 Å². The molecular weight excluding hydrogens is 242 g/mol. The summed E-state index contributed by atoms with van der Waals surface area (Å²) in [6.45, 7) is 3.42. The lowest BCUT2D eigenvalue weighted by atomic mass is 10.3. The standard InChI is InChI=1S/C10H9N3OS2/c1-6(14)9-4-3-8(5-11-9)16-10-13-12-7(2)15-10/h3-5H,1-2H3. The van der Waals surface area contributed by atoms with Crippen LogP contribution in [0.4, 0.5) is 0 Å². The molecule has 0 amide bonds. The highest BCUT2D eigenvalue weighted by Crippen LogP contribution is 2.29. The van der Waals surface area contributed by atoms with E-state index in [1.54, 1.807) is 12.3 Å². The van der Waals surface area contributed by atoms with E-state index in [4.69, 9.17) is 0 Å². The quantitative estimate of drug-likeness (QED) is 0.785. The minimum Gasteiger partial charge on any atom is -0.293 e. The van der Waals surface area contributed by atoms with Gasteiger partial charge in [-0.2, -0.15) is 0 Å². The third kappa shape index (κ3) is 2.65. The molecule has 2 aromatic heterocycles. The lowest BCUT2D eigenvalue weighted by molar-refractivity contribution is 0.101. The van der Waals surface area contributed by atoms with Crippen LogP contribution in [0.2, 0.25) is 0 Å². The summed E-state index contributed by atoms with van der Waals surface area (Å²) in [5.74, 6) is -0.0247. The number of pyridine rings is 1. The highest BCUT2D eigenvalue weighted by molar-refractivity contribution is 8.01. The first-order valence-electron chi connectivity index (χ1n) is 4.60. The van der Waals surface area contributed by atoms with Crippen LogP contribution in [-0.2, 0) is 0 Å². The largest absolute Gasteiger partial charge is 0.293 e. The number of nitrogens with zero attached hydrogens (tertiary/aromatic N) is 3. The lowest BCUT2D eigenvalue weighted by Gasteiger charge is -1.97. The Kier molecular flexibility index (Phi) is 3.31. The molecule has 4 nitrogen and oxygen atoms in total. The highest BCUT2D eigenvalue weighted by Gasteiger charge is 2.05. The molecule has 0 atom stereocenters. The maximum Gasteiger partial charge on any atom is 0.179 e. The van der Waals surface area contributed by atoms with Crippen LogP contribution in [0.1, 0.15) is 22.4 Å². The third-order valence-electron chi connectivity index (χ3n) is 1.81. The van der Waals surface area contributed by atoms with Gasteiger partial charge in [0.05, 0.1) is 0 Å². The minimum absolute atomic E-state index is 0.0247. The predicted molar refractivity (Wildman–Crippen MR) is 63.0 cm³/mol. The van der Waals surface area contributed by atoms with Gasteiger partial charge in [-0.25, -0.2) is 0 Å².